The van der Waals surface area contributed by atoms with Gasteiger partial charge in [0.25, 0.3) is 0 Å². The van der Waals surface area contributed by atoms with Crippen LogP contribution in [-0.4, -0.2) is 12.1 Å². The molecule has 5 heteroatoms. The molecule has 0 bridgehead atoms. The van der Waals surface area contributed by atoms with Gasteiger partial charge in [-0.25, -0.2) is 0 Å². The molecule has 0 spiro atoms. The molecular weight excluding hydrogens is 348 g/mol. The standard InChI is InChI=1S/C23H20N4O/c1-28-16-8-6-7-15(13-16)25-22-18-10-3-2-9-17(18)19(14-24)23-26-20-11-4-5-12-21(20)27(22)23/h4-8,11-13H,2-3,9-10H2,1H3,(H,25,26)/p+1. The van der Waals surface area contributed by atoms with Crippen LogP contribution in [0.1, 0.15) is 29.5 Å². The van der Waals surface area contributed by atoms with Crippen molar-refractivity contribution in [1.82, 2.24) is 4.98 Å². The number of aromatic amines is 1. The number of fused-ring (bicyclic) bond motifs is 4. The highest BCUT2D eigenvalue weighted by Crippen LogP contribution is 2.33. The lowest BCUT2D eigenvalue weighted by molar-refractivity contribution is -0.465. The highest BCUT2D eigenvalue weighted by molar-refractivity contribution is 5.79. The maximum absolute atomic E-state index is 9.95. The number of para-hydroxylation sites is 2. The van der Waals surface area contributed by atoms with Gasteiger partial charge in [-0.2, -0.15) is 9.66 Å². The average molecular weight is 369 g/mol. The Morgan fingerprint density at radius 1 is 1.07 bits per heavy atom. The number of methoxy groups -OCH3 is 1. The number of anilines is 2. The van der Waals surface area contributed by atoms with Gasteiger partial charge >= 0.3 is 0 Å². The summed E-state index contributed by atoms with van der Waals surface area (Å²) in [7, 11) is 1.68. The minimum Gasteiger partial charge on any atom is -0.497 e. The monoisotopic (exact) mass is 369 g/mol. The van der Waals surface area contributed by atoms with Crippen molar-refractivity contribution in [3.63, 3.8) is 0 Å². The van der Waals surface area contributed by atoms with E-state index in [1.165, 1.54) is 11.1 Å². The molecule has 2 heterocycles. The molecule has 0 saturated carbocycles. The topological polar surface area (TPSA) is 64.9 Å². The number of hydrogen-bond donors (Lipinski definition) is 2. The average Bonchev–Trinajstić information content (AvgIpc) is 3.13. The second kappa shape index (κ2) is 6.58. The number of rotatable bonds is 3. The van der Waals surface area contributed by atoms with Crippen LogP contribution in [0.3, 0.4) is 0 Å². The van der Waals surface area contributed by atoms with Crippen molar-refractivity contribution in [2.24, 2.45) is 0 Å². The molecule has 28 heavy (non-hydrogen) atoms. The number of nitrogens with zero attached hydrogens (tertiary/aromatic N) is 2. The van der Waals surface area contributed by atoms with E-state index < -0.39 is 0 Å². The molecule has 4 aromatic rings. The van der Waals surface area contributed by atoms with Crippen LogP contribution >= 0.6 is 0 Å². The summed E-state index contributed by atoms with van der Waals surface area (Å²) in [4.78, 5) is 3.47. The van der Waals surface area contributed by atoms with Crippen LogP contribution in [0.15, 0.2) is 48.5 Å². The molecule has 1 aliphatic carbocycles. The Balaban J connectivity index is 1.84. The van der Waals surface area contributed by atoms with Gasteiger partial charge in [-0.1, -0.05) is 18.2 Å². The molecule has 0 saturated heterocycles. The lowest BCUT2D eigenvalue weighted by atomic mass is 9.89. The number of hydrogen-bond acceptors (Lipinski definition) is 3. The molecule has 0 radical (unpaired) electrons. The van der Waals surface area contributed by atoms with Gasteiger partial charge in [-0.05, 0) is 55.5 Å². The SMILES string of the molecule is COc1cccc(Nc2c3c(c(C#N)c4[nH]c5ccccc5[n+]24)CCCC3)c1. The maximum atomic E-state index is 9.95. The van der Waals surface area contributed by atoms with Crippen molar-refractivity contribution in [3.8, 4) is 11.8 Å². The number of pyridine rings is 1. The fourth-order valence-electron chi connectivity index (χ4n) is 4.29. The highest BCUT2D eigenvalue weighted by atomic mass is 16.5. The molecule has 0 atom stereocenters. The van der Waals surface area contributed by atoms with Crippen molar-refractivity contribution < 1.29 is 9.14 Å². The summed E-state index contributed by atoms with van der Waals surface area (Å²) in [5.74, 6) is 1.85. The smallest absolute Gasteiger partial charge is 0.250 e. The summed E-state index contributed by atoms with van der Waals surface area (Å²) in [6.45, 7) is 0. The lowest BCUT2D eigenvalue weighted by Gasteiger charge is -2.19. The summed E-state index contributed by atoms with van der Waals surface area (Å²) < 4.78 is 7.55. The van der Waals surface area contributed by atoms with Crippen molar-refractivity contribution in [1.29, 1.82) is 5.26 Å². The summed E-state index contributed by atoms with van der Waals surface area (Å²) >= 11 is 0. The first-order valence-corrected chi connectivity index (χ1v) is 9.61. The van der Waals surface area contributed by atoms with Crippen LogP contribution in [0.4, 0.5) is 11.5 Å². The van der Waals surface area contributed by atoms with Crippen LogP contribution in [0.2, 0.25) is 0 Å². The van der Waals surface area contributed by atoms with Gasteiger partial charge in [-0.3, -0.25) is 10.3 Å². The van der Waals surface area contributed by atoms with Gasteiger partial charge in [0.2, 0.25) is 11.5 Å². The molecule has 2 aromatic carbocycles. The zero-order chi connectivity index (χ0) is 19.1. The number of ether oxygens (including phenoxy) is 1. The van der Waals surface area contributed by atoms with Crippen molar-refractivity contribution in [2.75, 3.05) is 12.4 Å². The summed E-state index contributed by atoms with van der Waals surface area (Å²) in [6, 6.07) is 18.6. The number of benzene rings is 2. The Bertz CT molecular complexity index is 1250. The highest BCUT2D eigenvalue weighted by Gasteiger charge is 2.28. The van der Waals surface area contributed by atoms with Gasteiger partial charge in [-0.15, -0.1) is 0 Å². The molecule has 0 amide bonds. The van der Waals surface area contributed by atoms with Crippen LogP contribution in [0, 0.1) is 11.3 Å². The van der Waals surface area contributed by atoms with E-state index in [9.17, 15) is 5.26 Å². The van der Waals surface area contributed by atoms with E-state index in [0.29, 0.717) is 0 Å². The van der Waals surface area contributed by atoms with E-state index >= 15 is 0 Å². The van der Waals surface area contributed by atoms with Crippen LogP contribution in [-0.2, 0) is 12.8 Å². The first-order chi connectivity index (χ1) is 13.8. The van der Waals surface area contributed by atoms with E-state index in [2.05, 4.69) is 32.9 Å². The number of aromatic nitrogens is 2. The second-order valence-corrected chi connectivity index (χ2v) is 7.18. The molecule has 5 nitrogen and oxygen atoms in total. The van der Waals surface area contributed by atoms with Crippen molar-refractivity contribution in [3.05, 3.63) is 65.2 Å². The zero-order valence-corrected chi connectivity index (χ0v) is 15.7. The summed E-state index contributed by atoms with van der Waals surface area (Å²) in [6.07, 6.45) is 4.17. The number of nitrogens with one attached hydrogen (secondary N) is 2. The lowest BCUT2D eigenvalue weighted by Crippen LogP contribution is -2.30. The van der Waals surface area contributed by atoms with Gasteiger partial charge in [0.05, 0.1) is 12.8 Å². The number of nitriles is 1. The van der Waals surface area contributed by atoms with Crippen molar-refractivity contribution in [2.45, 2.75) is 25.7 Å². The van der Waals surface area contributed by atoms with E-state index in [1.807, 2.05) is 36.4 Å². The fraction of sp³-hybridized carbons (Fsp3) is 0.217. The summed E-state index contributed by atoms with van der Waals surface area (Å²) in [5.41, 5.74) is 7.09. The van der Waals surface area contributed by atoms with E-state index in [4.69, 9.17) is 4.74 Å². The molecule has 1 aliphatic rings. The largest absolute Gasteiger partial charge is 0.497 e. The van der Waals surface area contributed by atoms with Gasteiger partial charge < -0.3 is 4.74 Å². The molecule has 138 valence electrons. The molecule has 0 aliphatic heterocycles. The Morgan fingerprint density at radius 3 is 2.71 bits per heavy atom. The van der Waals surface area contributed by atoms with Crippen molar-refractivity contribution >= 4 is 28.2 Å². The first-order valence-electron chi connectivity index (χ1n) is 9.61. The van der Waals surface area contributed by atoms with Crippen LogP contribution in [0.5, 0.6) is 5.75 Å². The third-order valence-corrected chi connectivity index (χ3v) is 5.58. The first kappa shape index (κ1) is 16.6. The number of imidazole rings is 1. The van der Waals surface area contributed by atoms with Gasteiger partial charge in [0, 0.05) is 11.6 Å². The Labute approximate surface area is 163 Å². The minimum atomic E-state index is 0.766. The predicted molar refractivity (Wildman–Crippen MR) is 109 cm³/mol. The predicted octanol–water partition coefficient (Wildman–Crippen LogP) is 4.41. The van der Waals surface area contributed by atoms with E-state index in [0.717, 1.165) is 65.2 Å². The van der Waals surface area contributed by atoms with Crippen LogP contribution in [0.25, 0.3) is 16.7 Å². The number of H-pyrrole nitrogens is 1. The molecule has 0 unspecified atom stereocenters. The van der Waals surface area contributed by atoms with E-state index in [-0.39, 0.29) is 0 Å². The molecular formula is C23H21N4O+. The van der Waals surface area contributed by atoms with Gasteiger partial charge in [0.1, 0.15) is 28.4 Å². The van der Waals surface area contributed by atoms with Crippen LogP contribution < -0.4 is 14.5 Å². The minimum absolute atomic E-state index is 0.766. The second-order valence-electron chi connectivity index (χ2n) is 7.18. The molecule has 2 N–H and O–H groups in total. The third-order valence-electron chi connectivity index (χ3n) is 5.58. The summed E-state index contributed by atoms with van der Waals surface area (Å²) in [5, 5.41) is 13.6. The molecule has 5 rings (SSSR count). The fourth-order valence-corrected chi connectivity index (χ4v) is 4.29. The maximum Gasteiger partial charge on any atom is 0.250 e. The Kier molecular flexibility index (Phi) is 3.91. The van der Waals surface area contributed by atoms with E-state index in [1.54, 1.807) is 7.11 Å². The van der Waals surface area contributed by atoms with Gasteiger partial charge in [0.15, 0.2) is 0 Å². The third kappa shape index (κ3) is 2.49. The normalized spacial score (nSPS) is 13.3. The zero-order valence-electron chi connectivity index (χ0n) is 15.7. The quantitative estimate of drug-likeness (QED) is 0.526. The Hall–Kier alpha value is -3.52. The molecule has 0 fully saturated rings. The molecule has 2 aromatic heterocycles. The Morgan fingerprint density at radius 2 is 1.89 bits per heavy atom.